The number of aliphatic carboxylic acids is 1. The summed E-state index contributed by atoms with van der Waals surface area (Å²) >= 11 is 0. The van der Waals surface area contributed by atoms with Gasteiger partial charge in [-0.15, -0.1) is 0 Å². The van der Waals surface area contributed by atoms with E-state index in [-0.39, 0.29) is 29.4 Å². The van der Waals surface area contributed by atoms with Crippen LogP contribution in [0.15, 0.2) is 41.5 Å². The Morgan fingerprint density at radius 2 is 1.90 bits per heavy atom. The summed E-state index contributed by atoms with van der Waals surface area (Å²) in [5, 5.41) is 18.4. The largest absolute Gasteiger partial charge is 0.481 e. The van der Waals surface area contributed by atoms with Gasteiger partial charge in [0.25, 0.3) is 0 Å². The topological polar surface area (TPSA) is 83.8 Å². The zero-order valence-corrected chi connectivity index (χ0v) is 19.1. The number of hydrogen-bond acceptors (Lipinski definition) is 4. The second-order valence-corrected chi connectivity index (χ2v) is 10.8. The van der Waals surface area contributed by atoms with E-state index in [2.05, 4.69) is 33.8 Å². The maximum atomic E-state index is 13.3. The lowest BCUT2D eigenvalue weighted by atomic mass is 9.63. The fraction of sp³-hybridized carbons (Fsp3) is 0.522. The fourth-order valence-corrected chi connectivity index (χ4v) is 5.19. The van der Waals surface area contributed by atoms with Crippen molar-refractivity contribution in [1.82, 2.24) is 0 Å². The maximum absolute atomic E-state index is 13.3. The minimum absolute atomic E-state index is 0.0741. The van der Waals surface area contributed by atoms with E-state index in [4.69, 9.17) is 9.63 Å². The molecule has 5 nitrogen and oxygen atoms in total. The summed E-state index contributed by atoms with van der Waals surface area (Å²) in [6, 6.07) is 6.13. The lowest BCUT2D eigenvalue weighted by molar-refractivity contribution is -0.138. The molecule has 1 aliphatic carbocycles. The first-order valence-electron chi connectivity index (χ1n) is 10.1. The molecule has 0 saturated carbocycles. The Bertz CT molecular complexity index is 840. The molecule has 0 fully saturated rings. The van der Waals surface area contributed by atoms with Gasteiger partial charge >= 0.3 is 5.97 Å². The summed E-state index contributed by atoms with van der Waals surface area (Å²) in [5.74, 6) is -1.47. The Balaban J connectivity index is 2.24. The van der Waals surface area contributed by atoms with Crippen LogP contribution in [0, 0.1) is 16.6 Å². The third-order valence-electron chi connectivity index (χ3n) is 5.27. The summed E-state index contributed by atoms with van der Waals surface area (Å²) in [4.78, 5) is 10.7. The average molecular weight is 438 g/mol. The molecule has 7 heteroatoms. The second-order valence-electron chi connectivity index (χ2n) is 9.38. The van der Waals surface area contributed by atoms with Crippen molar-refractivity contribution in [1.29, 1.82) is 0 Å². The summed E-state index contributed by atoms with van der Waals surface area (Å²) in [6.45, 7) is 8.86. The van der Waals surface area contributed by atoms with Gasteiger partial charge in [-0.3, -0.25) is 9.36 Å². The molecule has 0 aromatic heterocycles. The SMILES string of the molecule is CC1(C)CC=C(C(=Cc2ccc(F)cc2)CO[PH](=O)CC(O)CC(=O)O)C(C)(C)C1. The van der Waals surface area contributed by atoms with Gasteiger partial charge in [-0.25, -0.2) is 4.39 Å². The van der Waals surface area contributed by atoms with Crippen LogP contribution in [0.25, 0.3) is 6.08 Å². The van der Waals surface area contributed by atoms with Gasteiger partial charge in [0, 0.05) is 6.16 Å². The van der Waals surface area contributed by atoms with Crippen molar-refractivity contribution in [3.63, 3.8) is 0 Å². The van der Waals surface area contributed by atoms with E-state index in [9.17, 15) is 18.9 Å². The summed E-state index contributed by atoms with van der Waals surface area (Å²) in [5.41, 5.74) is 2.81. The first kappa shape index (κ1) is 24.5. The van der Waals surface area contributed by atoms with Gasteiger partial charge in [0.2, 0.25) is 0 Å². The zero-order chi connectivity index (χ0) is 22.5. The lowest BCUT2D eigenvalue weighted by Gasteiger charge is -2.42. The molecular weight excluding hydrogens is 406 g/mol. The van der Waals surface area contributed by atoms with Crippen molar-refractivity contribution in [3.05, 3.63) is 52.9 Å². The van der Waals surface area contributed by atoms with Gasteiger partial charge in [0.05, 0.1) is 19.1 Å². The highest BCUT2D eigenvalue weighted by Crippen LogP contribution is 2.48. The van der Waals surface area contributed by atoms with E-state index in [0.717, 1.165) is 29.6 Å². The maximum Gasteiger partial charge on any atom is 0.305 e. The molecule has 166 valence electrons. The minimum atomic E-state index is -2.62. The third kappa shape index (κ3) is 7.50. The van der Waals surface area contributed by atoms with Crippen molar-refractivity contribution < 1.29 is 28.5 Å². The first-order chi connectivity index (χ1) is 13.9. The monoisotopic (exact) mass is 438 g/mol. The third-order valence-corrected chi connectivity index (χ3v) is 6.54. The fourth-order valence-electron chi connectivity index (χ4n) is 4.22. The molecule has 0 radical (unpaired) electrons. The first-order valence-corrected chi connectivity index (χ1v) is 11.6. The molecule has 0 heterocycles. The van der Waals surface area contributed by atoms with E-state index in [1.54, 1.807) is 12.1 Å². The Hall–Kier alpha value is -1.75. The number of hydrogen-bond donors (Lipinski definition) is 2. The number of halogens is 1. The molecule has 2 N–H and O–H groups in total. The van der Waals surface area contributed by atoms with Gasteiger partial charge in [0.1, 0.15) is 5.82 Å². The van der Waals surface area contributed by atoms with Crippen LogP contribution in [0.4, 0.5) is 4.39 Å². The number of carboxylic acids is 1. The summed E-state index contributed by atoms with van der Waals surface area (Å²) < 4.78 is 31.2. The van der Waals surface area contributed by atoms with E-state index in [0.29, 0.717) is 0 Å². The number of benzene rings is 1. The highest BCUT2D eigenvalue weighted by atomic mass is 31.1. The van der Waals surface area contributed by atoms with Crippen molar-refractivity contribution >= 4 is 20.1 Å². The van der Waals surface area contributed by atoms with Crippen molar-refractivity contribution in [3.8, 4) is 0 Å². The quantitative estimate of drug-likeness (QED) is 0.511. The van der Waals surface area contributed by atoms with E-state index in [1.165, 1.54) is 12.1 Å². The number of carbonyl (C=O) groups is 1. The van der Waals surface area contributed by atoms with Gasteiger partial charge < -0.3 is 14.7 Å². The smallest absolute Gasteiger partial charge is 0.305 e. The van der Waals surface area contributed by atoms with Crippen LogP contribution in [0.3, 0.4) is 0 Å². The van der Waals surface area contributed by atoms with Crippen LogP contribution in [0.1, 0.15) is 52.5 Å². The molecule has 0 saturated heterocycles. The van der Waals surface area contributed by atoms with Crippen LogP contribution < -0.4 is 0 Å². The average Bonchev–Trinajstić information content (AvgIpc) is 2.58. The molecule has 2 atom stereocenters. The molecule has 0 spiro atoms. The van der Waals surface area contributed by atoms with Crippen LogP contribution >= 0.6 is 8.03 Å². The molecular formula is C23H32FO5P. The van der Waals surface area contributed by atoms with Gasteiger partial charge in [-0.05, 0) is 58.6 Å². The van der Waals surface area contributed by atoms with E-state index < -0.39 is 26.5 Å². The molecule has 30 heavy (non-hydrogen) atoms. The van der Waals surface area contributed by atoms with Gasteiger partial charge in [0.15, 0.2) is 8.03 Å². The second kappa shape index (κ2) is 10.0. The molecule has 0 bridgehead atoms. The highest BCUT2D eigenvalue weighted by molar-refractivity contribution is 7.39. The molecule has 2 unspecified atom stereocenters. The molecule has 0 aliphatic heterocycles. The van der Waals surface area contributed by atoms with Crippen LogP contribution in [-0.2, 0) is 13.9 Å². The molecule has 1 aromatic rings. The number of aliphatic hydroxyl groups is 1. The molecule has 2 rings (SSSR count). The van der Waals surface area contributed by atoms with Gasteiger partial charge in [-0.1, -0.05) is 45.9 Å². The predicted octanol–water partition coefficient (Wildman–Crippen LogP) is 5.31. The van der Waals surface area contributed by atoms with E-state index in [1.807, 2.05) is 6.08 Å². The van der Waals surface area contributed by atoms with Crippen LogP contribution in [0.5, 0.6) is 0 Å². The lowest BCUT2D eigenvalue weighted by Crippen LogP contribution is -2.30. The van der Waals surface area contributed by atoms with Crippen LogP contribution in [0.2, 0.25) is 0 Å². The number of rotatable bonds is 9. The number of carboxylic acid groups (broad SMARTS) is 1. The molecule has 0 amide bonds. The molecule has 1 aliphatic rings. The predicted molar refractivity (Wildman–Crippen MR) is 117 cm³/mol. The zero-order valence-electron chi connectivity index (χ0n) is 18.1. The summed E-state index contributed by atoms with van der Waals surface area (Å²) in [7, 11) is -2.62. The Labute approximate surface area is 178 Å². The van der Waals surface area contributed by atoms with E-state index >= 15 is 0 Å². The molecule has 1 aromatic carbocycles. The van der Waals surface area contributed by atoms with Gasteiger partial charge in [-0.2, -0.15) is 0 Å². The Morgan fingerprint density at radius 3 is 2.47 bits per heavy atom. The van der Waals surface area contributed by atoms with Crippen molar-refractivity contribution in [2.75, 3.05) is 12.8 Å². The highest BCUT2D eigenvalue weighted by Gasteiger charge is 2.36. The number of allylic oxidation sites excluding steroid dienone is 1. The van der Waals surface area contributed by atoms with Crippen LogP contribution in [-0.4, -0.2) is 35.1 Å². The normalized spacial score (nSPS) is 20.3. The summed E-state index contributed by atoms with van der Waals surface area (Å²) in [6.07, 6.45) is 4.11. The Kier molecular flexibility index (Phi) is 8.20. The van der Waals surface area contributed by atoms with Crippen molar-refractivity contribution in [2.24, 2.45) is 10.8 Å². The standard InChI is InChI=1S/C23H32FO5P/c1-22(2)10-9-20(23(3,4)15-22)17(11-16-5-7-18(24)8-6-16)13-29-30(28)14-19(25)12-21(26)27/h5-9,11,19,25,30H,10,12-15H2,1-4H3,(H,26,27). The minimum Gasteiger partial charge on any atom is -0.481 e. The number of aliphatic hydroxyl groups excluding tert-OH is 1. The Morgan fingerprint density at radius 1 is 1.27 bits per heavy atom. The van der Waals surface area contributed by atoms with Crippen molar-refractivity contribution in [2.45, 2.75) is 53.1 Å².